The lowest BCUT2D eigenvalue weighted by atomic mass is 10.1. The highest BCUT2D eigenvalue weighted by molar-refractivity contribution is 6.31. The number of amides is 2. The van der Waals surface area contributed by atoms with Gasteiger partial charge in [-0.3, -0.25) is 4.79 Å². The van der Waals surface area contributed by atoms with Crippen LogP contribution in [0.5, 0.6) is 0 Å². The predicted molar refractivity (Wildman–Crippen MR) is 82.4 cm³/mol. The molecule has 1 aromatic rings. The SMILES string of the molecule is CC(C)(C)OC(=O)NCc1cc(CNC(=O)C(F)(F)F)c(F)cc1Cl. The number of hydrogen-bond acceptors (Lipinski definition) is 3. The zero-order chi connectivity index (χ0) is 19.4. The Hall–Kier alpha value is -2.03. The van der Waals surface area contributed by atoms with Crippen LogP contribution in [-0.2, 0) is 22.6 Å². The summed E-state index contributed by atoms with van der Waals surface area (Å²) in [6.45, 7) is 4.19. The highest BCUT2D eigenvalue weighted by atomic mass is 35.5. The second kappa shape index (κ2) is 7.90. The highest BCUT2D eigenvalue weighted by Crippen LogP contribution is 2.22. The van der Waals surface area contributed by atoms with Crippen molar-refractivity contribution < 1.29 is 31.9 Å². The second-order valence-corrected chi connectivity index (χ2v) is 6.48. The van der Waals surface area contributed by atoms with Crippen molar-refractivity contribution >= 4 is 23.6 Å². The molecule has 0 saturated carbocycles. The Balaban J connectivity index is 2.79. The van der Waals surface area contributed by atoms with Crippen LogP contribution in [0.4, 0.5) is 22.4 Å². The predicted octanol–water partition coefficient (Wildman–Crippen LogP) is 3.68. The quantitative estimate of drug-likeness (QED) is 0.778. The first kappa shape index (κ1) is 21.0. The molecule has 1 rings (SSSR count). The van der Waals surface area contributed by atoms with Gasteiger partial charge in [0, 0.05) is 23.7 Å². The fourth-order valence-electron chi connectivity index (χ4n) is 1.67. The average molecular weight is 385 g/mol. The fourth-order valence-corrected chi connectivity index (χ4v) is 1.89. The largest absolute Gasteiger partial charge is 0.471 e. The molecule has 140 valence electrons. The van der Waals surface area contributed by atoms with Crippen LogP contribution in [0, 0.1) is 5.82 Å². The number of alkyl halides is 3. The minimum absolute atomic E-state index is 0.0283. The van der Waals surface area contributed by atoms with Gasteiger partial charge in [0.1, 0.15) is 11.4 Å². The lowest BCUT2D eigenvalue weighted by Crippen LogP contribution is -2.36. The summed E-state index contributed by atoms with van der Waals surface area (Å²) < 4.78 is 55.2. The molecule has 0 bridgehead atoms. The summed E-state index contributed by atoms with van der Waals surface area (Å²) in [7, 11) is 0. The van der Waals surface area contributed by atoms with E-state index in [4.69, 9.17) is 16.3 Å². The van der Waals surface area contributed by atoms with Crippen LogP contribution in [-0.4, -0.2) is 23.8 Å². The number of nitrogens with one attached hydrogen (secondary N) is 2. The zero-order valence-electron chi connectivity index (χ0n) is 13.7. The molecule has 10 heteroatoms. The zero-order valence-corrected chi connectivity index (χ0v) is 14.4. The van der Waals surface area contributed by atoms with Crippen LogP contribution in [0.25, 0.3) is 0 Å². The van der Waals surface area contributed by atoms with Crippen molar-refractivity contribution in [1.82, 2.24) is 10.6 Å². The van der Waals surface area contributed by atoms with Gasteiger partial charge >= 0.3 is 18.2 Å². The summed E-state index contributed by atoms with van der Waals surface area (Å²) >= 11 is 5.85. The van der Waals surface area contributed by atoms with Crippen LogP contribution in [0.1, 0.15) is 31.9 Å². The third-order valence-electron chi connectivity index (χ3n) is 2.73. The standard InChI is InChI=1S/C15H17ClF4N2O3/c1-14(2,3)25-13(24)22-6-8-4-9(11(17)5-10(8)16)7-21-12(23)15(18,19)20/h4-5H,6-7H2,1-3H3,(H,21,23)(H,22,24). The van der Waals surface area contributed by atoms with Gasteiger partial charge in [-0.2, -0.15) is 13.2 Å². The van der Waals surface area contributed by atoms with Gasteiger partial charge in [0.15, 0.2) is 0 Å². The molecule has 0 saturated heterocycles. The molecule has 0 radical (unpaired) electrons. The Kier molecular flexibility index (Phi) is 6.64. The molecule has 0 aliphatic rings. The third-order valence-corrected chi connectivity index (χ3v) is 3.09. The van der Waals surface area contributed by atoms with Gasteiger partial charge in [0.2, 0.25) is 0 Å². The van der Waals surface area contributed by atoms with E-state index >= 15 is 0 Å². The normalized spacial score (nSPS) is 11.8. The molecule has 0 aliphatic carbocycles. The van der Waals surface area contributed by atoms with E-state index in [1.54, 1.807) is 26.1 Å². The van der Waals surface area contributed by atoms with E-state index < -0.39 is 36.1 Å². The van der Waals surface area contributed by atoms with Crippen molar-refractivity contribution in [2.24, 2.45) is 0 Å². The molecule has 0 heterocycles. The maximum absolute atomic E-state index is 13.8. The maximum atomic E-state index is 13.8. The Bertz CT molecular complexity index is 657. The molecule has 0 unspecified atom stereocenters. The first-order valence-corrected chi connectivity index (χ1v) is 7.46. The van der Waals surface area contributed by atoms with Gasteiger partial charge in [0.25, 0.3) is 0 Å². The molecule has 2 amide bonds. The van der Waals surface area contributed by atoms with Gasteiger partial charge in [0.05, 0.1) is 0 Å². The molecule has 0 spiro atoms. The molecular weight excluding hydrogens is 368 g/mol. The molecule has 1 aromatic carbocycles. The van der Waals surface area contributed by atoms with E-state index in [2.05, 4.69) is 5.32 Å². The monoisotopic (exact) mass is 384 g/mol. The van der Waals surface area contributed by atoms with E-state index in [1.807, 2.05) is 0 Å². The van der Waals surface area contributed by atoms with Crippen LogP contribution in [0.3, 0.4) is 0 Å². The lowest BCUT2D eigenvalue weighted by molar-refractivity contribution is -0.173. The number of ether oxygens (including phenoxy) is 1. The van der Waals surface area contributed by atoms with Crippen LogP contribution < -0.4 is 10.6 Å². The molecule has 25 heavy (non-hydrogen) atoms. The number of carbonyl (C=O) groups is 2. The number of rotatable bonds is 4. The summed E-state index contributed by atoms with van der Waals surface area (Å²) in [5.74, 6) is -3.07. The number of alkyl carbamates (subject to hydrolysis) is 1. The Morgan fingerprint density at radius 1 is 1.08 bits per heavy atom. The van der Waals surface area contributed by atoms with E-state index in [0.717, 1.165) is 12.1 Å². The van der Waals surface area contributed by atoms with Crippen molar-refractivity contribution in [3.05, 3.63) is 34.1 Å². The Labute approximate surface area is 146 Å². The fraction of sp³-hybridized carbons (Fsp3) is 0.467. The van der Waals surface area contributed by atoms with Crippen molar-refractivity contribution in [2.45, 2.75) is 45.6 Å². The summed E-state index contributed by atoms with van der Waals surface area (Å²) in [5.41, 5.74) is -0.669. The molecular formula is C15H17ClF4N2O3. The van der Waals surface area contributed by atoms with Gasteiger partial charge in [-0.25, -0.2) is 9.18 Å². The number of hydrogen-bond donors (Lipinski definition) is 2. The molecule has 0 fully saturated rings. The molecule has 2 N–H and O–H groups in total. The van der Waals surface area contributed by atoms with Crippen LogP contribution in [0.2, 0.25) is 5.02 Å². The summed E-state index contributed by atoms with van der Waals surface area (Å²) in [6.07, 6.45) is -5.80. The minimum atomic E-state index is -5.07. The topological polar surface area (TPSA) is 67.4 Å². The van der Waals surface area contributed by atoms with E-state index in [-0.39, 0.29) is 22.7 Å². The Morgan fingerprint density at radius 2 is 1.64 bits per heavy atom. The first-order valence-electron chi connectivity index (χ1n) is 7.08. The second-order valence-electron chi connectivity index (χ2n) is 6.07. The van der Waals surface area contributed by atoms with Crippen molar-refractivity contribution in [3.8, 4) is 0 Å². The average Bonchev–Trinajstić information content (AvgIpc) is 2.42. The summed E-state index contributed by atoms with van der Waals surface area (Å²) in [5, 5.41) is 3.93. The number of benzene rings is 1. The van der Waals surface area contributed by atoms with Gasteiger partial charge in [-0.15, -0.1) is 0 Å². The van der Waals surface area contributed by atoms with Gasteiger partial charge < -0.3 is 15.4 Å². The van der Waals surface area contributed by atoms with E-state index in [1.165, 1.54) is 0 Å². The lowest BCUT2D eigenvalue weighted by Gasteiger charge is -2.20. The number of carbonyl (C=O) groups excluding carboxylic acids is 2. The molecule has 0 aliphatic heterocycles. The van der Waals surface area contributed by atoms with Crippen molar-refractivity contribution in [3.63, 3.8) is 0 Å². The summed E-state index contributed by atoms with van der Waals surface area (Å²) in [6, 6.07) is 2.05. The Morgan fingerprint density at radius 3 is 2.16 bits per heavy atom. The van der Waals surface area contributed by atoms with Crippen LogP contribution in [0.15, 0.2) is 12.1 Å². The molecule has 5 nitrogen and oxygen atoms in total. The van der Waals surface area contributed by atoms with Crippen LogP contribution >= 0.6 is 11.6 Å². The molecule has 0 aromatic heterocycles. The number of halogens is 5. The van der Waals surface area contributed by atoms with Crippen molar-refractivity contribution in [1.29, 1.82) is 0 Å². The van der Waals surface area contributed by atoms with Crippen molar-refractivity contribution in [2.75, 3.05) is 0 Å². The highest BCUT2D eigenvalue weighted by Gasteiger charge is 2.38. The van der Waals surface area contributed by atoms with E-state index in [9.17, 15) is 27.2 Å². The smallest absolute Gasteiger partial charge is 0.444 e. The van der Waals surface area contributed by atoms with E-state index in [0.29, 0.717) is 0 Å². The third kappa shape index (κ3) is 7.16. The summed E-state index contributed by atoms with van der Waals surface area (Å²) in [4.78, 5) is 22.4. The van der Waals surface area contributed by atoms with Gasteiger partial charge in [-0.1, -0.05) is 11.6 Å². The minimum Gasteiger partial charge on any atom is -0.444 e. The molecule has 0 atom stereocenters. The maximum Gasteiger partial charge on any atom is 0.471 e. The van der Waals surface area contributed by atoms with Gasteiger partial charge in [-0.05, 0) is 38.5 Å². The first-order chi connectivity index (χ1) is 11.3.